The lowest BCUT2D eigenvalue weighted by atomic mass is 9.67. The summed E-state index contributed by atoms with van der Waals surface area (Å²) in [4.78, 5) is 0. The zero-order valence-electron chi connectivity index (χ0n) is 43.0. The Morgan fingerprint density at radius 2 is 0.713 bits per heavy atom. The molecule has 0 aliphatic heterocycles. The highest BCUT2D eigenvalue weighted by Crippen LogP contribution is 2.58. The minimum atomic E-state index is -0.419. The van der Waals surface area contributed by atoms with Crippen LogP contribution in [-0.2, 0) is 10.8 Å². The number of nitrogens with one attached hydrogen (secondary N) is 1. The Bertz CT molecular complexity index is 4470. The van der Waals surface area contributed by atoms with Crippen molar-refractivity contribution in [2.45, 2.75) is 18.3 Å². The molecule has 0 spiro atoms. The predicted molar refractivity (Wildman–Crippen MR) is 337 cm³/mol. The Kier molecular flexibility index (Phi) is 12.8. The van der Waals surface area contributed by atoms with Crippen molar-refractivity contribution in [1.82, 2.24) is 0 Å². The summed E-state index contributed by atoms with van der Waals surface area (Å²) in [5.74, 6) is 0. The van der Waals surface area contributed by atoms with Crippen LogP contribution in [0.2, 0.25) is 0 Å². The summed E-state index contributed by atoms with van der Waals surface area (Å²) in [5, 5.41) is 8.17. The summed E-state index contributed by atoms with van der Waals surface area (Å²) in [6.45, 7) is 0. The largest absolute Gasteiger partial charge is 0.454 e. The first kappa shape index (κ1) is 49.9. The number of furan rings is 2. The van der Waals surface area contributed by atoms with E-state index in [0.29, 0.717) is 5.69 Å². The van der Waals surface area contributed by atoms with Gasteiger partial charge in [0.2, 0.25) is 0 Å². The van der Waals surface area contributed by atoms with E-state index in [1.165, 1.54) is 66.8 Å². The summed E-state index contributed by atoms with van der Waals surface area (Å²) in [7, 11) is 0. The topological polar surface area (TPSA) is 64.3 Å². The van der Waals surface area contributed by atoms with Gasteiger partial charge in [0, 0.05) is 31.7 Å². The van der Waals surface area contributed by atoms with Crippen molar-refractivity contribution in [3.8, 4) is 22.3 Å². The maximum absolute atomic E-state index is 6.32. The molecular weight excluding hydrogens is 1040 g/mol. The highest BCUT2D eigenvalue weighted by Gasteiger charge is 2.47. The van der Waals surface area contributed by atoms with Crippen LogP contribution in [0, 0.1) is 0 Å². The first-order chi connectivity index (χ1) is 39.0. The van der Waals surface area contributed by atoms with Crippen molar-refractivity contribution in [3.05, 3.63) is 340 Å². The minimum Gasteiger partial charge on any atom is -0.454 e. The quantitative estimate of drug-likeness (QED) is 0.163. The van der Waals surface area contributed by atoms with Crippen LogP contribution in [0.3, 0.4) is 0 Å². The smallest absolute Gasteiger partial charge is 0.158 e. The summed E-state index contributed by atoms with van der Waals surface area (Å²) in [6, 6.07) is 103. The highest BCUT2D eigenvalue weighted by atomic mass is 79.9. The molecule has 0 unspecified atom stereocenters. The third-order valence-corrected chi connectivity index (χ3v) is 16.5. The van der Waals surface area contributed by atoms with Gasteiger partial charge in [-0.1, -0.05) is 266 Å². The van der Waals surface area contributed by atoms with Crippen LogP contribution in [0.15, 0.2) is 304 Å². The molecule has 16 rings (SSSR count). The highest BCUT2D eigenvalue weighted by molar-refractivity contribution is 9.10. The molecule has 2 aliphatic carbocycles. The van der Waals surface area contributed by atoms with E-state index in [4.69, 9.17) is 14.6 Å². The normalized spacial score (nSPS) is 13.0. The van der Waals surface area contributed by atoms with Crippen molar-refractivity contribution in [3.63, 3.8) is 0 Å². The number of anilines is 3. The van der Waals surface area contributed by atoms with E-state index >= 15 is 0 Å². The number of hydrogen-bond acceptors (Lipinski definition) is 4. The molecular formula is C75H55BrN2O2. The molecule has 0 amide bonds. The Balaban J connectivity index is 0.000000126. The fraction of sp³-hybridized carbons (Fsp3) is 0.0400. The zero-order valence-corrected chi connectivity index (χ0v) is 44.6. The SMILES string of the molecule is Brc1ccc2c(c1)C(c1ccccc1)(c1ccccc1)c1ccccc1-2.C.Nc1cccc2c1oc1ccccc12.c1ccc(C2(c3ccccc3)c3ccccc3-c3ccc(Nc4cccc5c4oc4ccccc45)cc32)cc1. The number of nitrogen functional groups attached to an aromatic ring is 1. The van der Waals surface area contributed by atoms with Gasteiger partial charge in [0.25, 0.3) is 0 Å². The average Bonchev–Trinajstić information content (AvgIpc) is 3.66. The van der Waals surface area contributed by atoms with Crippen molar-refractivity contribution < 1.29 is 8.83 Å². The second-order valence-electron chi connectivity index (χ2n) is 20.2. The Morgan fingerprint density at radius 1 is 0.325 bits per heavy atom. The van der Waals surface area contributed by atoms with Crippen molar-refractivity contribution in [2.75, 3.05) is 11.1 Å². The molecule has 0 bridgehead atoms. The first-order valence-corrected chi connectivity index (χ1v) is 27.5. The third-order valence-electron chi connectivity index (χ3n) is 16.0. The molecule has 2 heterocycles. The predicted octanol–water partition coefficient (Wildman–Crippen LogP) is 20.3. The number of nitrogens with two attached hydrogens (primary N) is 1. The molecule has 0 radical (unpaired) electrons. The van der Waals surface area contributed by atoms with Crippen molar-refractivity contribution >= 4 is 76.9 Å². The molecule has 5 heteroatoms. The fourth-order valence-electron chi connectivity index (χ4n) is 12.7. The van der Waals surface area contributed by atoms with Crippen LogP contribution < -0.4 is 11.1 Å². The van der Waals surface area contributed by atoms with Gasteiger partial charge in [-0.2, -0.15) is 0 Å². The van der Waals surface area contributed by atoms with Crippen LogP contribution >= 0.6 is 15.9 Å². The van der Waals surface area contributed by atoms with E-state index in [1.54, 1.807) is 0 Å². The fourth-order valence-corrected chi connectivity index (χ4v) is 13.1. The lowest BCUT2D eigenvalue weighted by Gasteiger charge is -2.34. The number of hydrogen-bond donors (Lipinski definition) is 2. The third kappa shape index (κ3) is 8.03. The van der Waals surface area contributed by atoms with E-state index < -0.39 is 5.41 Å². The second-order valence-corrected chi connectivity index (χ2v) is 21.1. The average molecular weight is 1100 g/mol. The number of fused-ring (bicyclic) bond motifs is 12. The van der Waals surface area contributed by atoms with Gasteiger partial charge in [-0.15, -0.1) is 0 Å². The summed E-state index contributed by atoms with van der Waals surface area (Å²) < 4.78 is 13.1. The molecule has 2 aromatic heterocycles. The monoisotopic (exact) mass is 1090 g/mol. The zero-order chi connectivity index (χ0) is 52.9. The number of halogens is 1. The van der Waals surface area contributed by atoms with Crippen molar-refractivity contribution in [2.24, 2.45) is 0 Å². The summed E-state index contributed by atoms with van der Waals surface area (Å²) in [5.41, 5.74) is 26.9. The van der Waals surface area contributed by atoms with E-state index in [1.807, 2.05) is 54.6 Å². The van der Waals surface area contributed by atoms with Crippen molar-refractivity contribution in [1.29, 1.82) is 0 Å². The number of rotatable bonds is 6. The van der Waals surface area contributed by atoms with Crippen LogP contribution in [0.25, 0.3) is 66.1 Å². The second kappa shape index (κ2) is 20.6. The number of benzene rings is 12. The Hall–Kier alpha value is -9.68. The molecule has 14 aromatic rings. The van der Waals surface area contributed by atoms with Gasteiger partial charge in [0.1, 0.15) is 11.2 Å². The van der Waals surface area contributed by atoms with Crippen LogP contribution in [0.4, 0.5) is 17.1 Å². The molecule has 12 aromatic carbocycles. The van der Waals surface area contributed by atoms with Gasteiger partial charge >= 0.3 is 0 Å². The molecule has 0 saturated carbocycles. The van der Waals surface area contributed by atoms with Crippen LogP contribution in [-0.4, -0.2) is 0 Å². The van der Waals surface area contributed by atoms with Gasteiger partial charge in [-0.3, -0.25) is 0 Å². The van der Waals surface area contributed by atoms with Crippen LogP contribution in [0.5, 0.6) is 0 Å². The van der Waals surface area contributed by atoms with Gasteiger partial charge in [-0.25, -0.2) is 0 Å². The molecule has 0 atom stereocenters. The molecule has 384 valence electrons. The summed E-state index contributed by atoms with van der Waals surface area (Å²) in [6.07, 6.45) is 0. The Morgan fingerprint density at radius 3 is 1.24 bits per heavy atom. The van der Waals surface area contributed by atoms with E-state index in [-0.39, 0.29) is 12.8 Å². The van der Waals surface area contributed by atoms with E-state index in [2.05, 4.69) is 258 Å². The number of para-hydroxylation sites is 4. The minimum absolute atomic E-state index is 0. The molecule has 3 N–H and O–H groups in total. The molecule has 0 fully saturated rings. The van der Waals surface area contributed by atoms with E-state index in [9.17, 15) is 0 Å². The first-order valence-electron chi connectivity index (χ1n) is 26.7. The van der Waals surface area contributed by atoms with E-state index in [0.717, 1.165) is 59.7 Å². The standard InChI is InChI=1S/C37H25NO.C25H17Br.C12H9NO.CH4/c1-3-12-25(13-4-1)37(26-14-5-2-6-15-26)32-19-9-7-16-28(32)29-23-22-27(24-33(29)37)38-34-20-11-18-31-30-17-8-10-21-35(30)39-36(31)34;26-20-15-16-22-21-13-7-8-14-23(21)25(24(22)17-20,18-9-3-1-4-10-18)19-11-5-2-6-12-19;13-10-6-3-5-9-8-4-1-2-7-11(8)14-12(9)10;/h1-24,38H;1-17H;1-7H,13H2;1H4. The van der Waals surface area contributed by atoms with Gasteiger partial charge in [0.15, 0.2) is 11.2 Å². The van der Waals surface area contributed by atoms with Gasteiger partial charge in [-0.05, 0) is 115 Å². The molecule has 2 aliphatic rings. The van der Waals surface area contributed by atoms with Gasteiger partial charge in [0.05, 0.1) is 22.2 Å². The van der Waals surface area contributed by atoms with Gasteiger partial charge < -0.3 is 19.9 Å². The Labute approximate surface area is 474 Å². The lowest BCUT2D eigenvalue weighted by molar-refractivity contribution is 0.670. The molecule has 80 heavy (non-hydrogen) atoms. The summed E-state index contributed by atoms with van der Waals surface area (Å²) >= 11 is 3.71. The maximum atomic E-state index is 6.32. The lowest BCUT2D eigenvalue weighted by Crippen LogP contribution is -2.28. The molecule has 0 saturated heterocycles. The van der Waals surface area contributed by atoms with Crippen LogP contribution in [0.1, 0.15) is 51.9 Å². The maximum Gasteiger partial charge on any atom is 0.158 e. The molecule has 4 nitrogen and oxygen atoms in total.